The molecule has 0 aliphatic carbocycles. The summed E-state index contributed by atoms with van der Waals surface area (Å²) in [7, 11) is 0. The van der Waals surface area contributed by atoms with E-state index in [9.17, 15) is 4.39 Å². The van der Waals surface area contributed by atoms with Gasteiger partial charge in [-0.2, -0.15) is 0 Å². The number of rotatable bonds is 3. The third-order valence-electron chi connectivity index (χ3n) is 3.65. The first-order valence-corrected chi connectivity index (χ1v) is 8.68. The SMILES string of the molecule is Cc1ccc(C(C)NC2CCSc3ccc(F)cc32)s1. The summed E-state index contributed by atoms with van der Waals surface area (Å²) in [4.78, 5) is 3.89. The van der Waals surface area contributed by atoms with E-state index >= 15 is 0 Å². The first-order valence-electron chi connectivity index (χ1n) is 6.88. The average molecular weight is 307 g/mol. The molecule has 20 heavy (non-hydrogen) atoms. The molecule has 0 saturated carbocycles. The summed E-state index contributed by atoms with van der Waals surface area (Å²) in [6, 6.07) is 10.0. The molecule has 2 atom stereocenters. The molecular formula is C16H18FNS2. The van der Waals surface area contributed by atoms with Gasteiger partial charge in [-0.3, -0.25) is 0 Å². The maximum absolute atomic E-state index is 13.5. The van der Waals surface area contributed by atoms with Gasteiger partial charge in [-0.05, 0) is 61.9 Å². The molecule has 1 aromatic carbocycles. The Kier molecular flexibility index (Phi) is 4.15. The highest BCUT2D eigenvalue weighted by Crippen LogP contribution is 2.38. The number of thioether (sulfide) groups is 1. The van der Waals surface area contributed by atoms with Crippen molar-refractivity contribution >= 4 is 23.1 Å². The molecule has 0 amide bonds. The zero-order valence-electron chi connectivity index (χ0n) is 11.7. The van der Waals surface area contributed by atoms with Crippen molar-refractivity contribution in [3.63, 3.8) is 0 Å². The van der Waals surface area contributed by atoms with Gasteiger partial charge >= 0.3 is 0 Å². The van der Waals surface area contributed by atoms with Crippen LogP contribution in [-0.4, -0.2) is 5.75 Å². The third-order valence-corrected chi connectivity index (χ3v) is 5.96. The summed E-state index contributed by atoms with van der Waals surface area (Å²) < 4.78 is 13.5. The Hall–Kier alpha value is -0.840. The van der Waals surface area contributed by atoms with Crippen LogP contribution in [0.5, 0.6) is 0 Å². The van der Waals surface area contributed by atoms with E-state index < -0.39 is 0 Å². The normalized spacial score (nSPS) is 19.6. The lowest BCUT2D eigenvalue weighted by Gasteiger charge is -2.28. The molecule has 1 N–H and O–H groups in total. The molecule has 4 heteroatoms. The minimum atomic E-state index is -0.141. The molecule has 0 saturated heterocycles. The predicted molar refractivity (Wildman–Crippen MR) is 85.1 cm³/mol. The number of aryl methyl sites for hydroxylation is 1. The topological polar surface area (TPSA) is 12.0 Å². The second-order valence-corrected chi connectivity index (χ2v) is 7.66. The molecule has 2 unspecified atom stereocenters. The second-order valence-electron chi connectivity index (χ2n) is 5.21. The lowest BCUT2D eigenvalue weighted by molar-refractivity contribution is 0.451. The second kappa shape index (κ2) is 5.88. The molecule has 106 valence electrons. The van der Waals surface area contributed by atoms with Crippen LogP contribution < -0.4 is 5.32 Å². The Morgan fingerprint density at radius 2 is 2.15 bits per heavy atom. The van der Waals surface area contributed by atoms with Crippen LogP contribution in [0.2, 0.25) is 0 Å². The standard InChI is InChI=1S/C16H18FNS2/c1-10-3-5-15(20-10)11(2)18-14-7-8-19-16-6-4-12(17)9-13(14)16/h3-6,9,11,14,18H,7-8H2,1-2H3. The van der Waals surface area contributed by atoms with Crippen molar-refractivity contribution in [2.75, 3.05) is 5.75 Å². The van der Waals surface area contributed by atoms with Crippen LogP contribution in [0.3, 0.4) is 0 Å². The molecule has 0 bridgehead atoms. The summed E-state index contributed by atoms with van der Waals surface area (Å²) in [5, 5.41) is 3.66. The van der Waals surface area contributed by atoms with Crippen LogP contribution in [0, 0.1) is 12.7 Å². The predicted octanol–water partition coefficient (Wildman–Crippen LogP) is 5.08. The van der Waals surface area contributed by atoms with E-state index in [1.54, 1.807) is 12.1 Å². The molecule has 0 fully saturated rings. The van der Waals surface area contributed by atoms with E-state index in [4.69, 9.17) is 0 Å². The third kappa shape index (κ3) is 2.92. The van der Waals surface area contributed by atoms with Crippen LogP contribution in [0.4, 0.5) is 4.39 Å². The van der Waals surface area contributed by atoms with Crippen molar-refractivity contribution in [2.24, 2.45) is 0 Å². The molecular weight excluding hydrogens is 289 g/mol. The largest absolute Gasteiger partial charge is 0.303 e. The van der Waals surface area contributed by atoms with E-state index in [0.29, 0.717) is 6.04 Å². The van der Waals surface area contributed by atoms with E-state index in [1.807, 2.05) is 29.2 Å². The number of benzene rings is 1. The van der Waals surface area contributed by atoms with Gasteiger partial charge < -0.3 is 5.32 Å². The van der Waals surface area contributed by atoms with Gasteiger partial charge in [-0.25, -0.2) is 4.39 Å². The fourth-order valence-electron chi connectivity index (χ4n) is 2.61. The maximum Gasteiger partial charge on any atom is 0.123 e. The average Bonchev–Trinajstić information content (AvgIpc) is 2.86. The zero-order chi connectivity index (χ0) is 14.1. The lowest BCUT2D eigenvalue weighted by atomic mass is 10.0. The van der Waals surface area contributed by atoms with Gasteiger partial charge in [-0.15, -0.1) is 23.1 Å². The van der Waals surface area contributed by atoms with Gasteiger partial charge in [0.2, 0.25) is 0 Å². The molecule has 0 radical (unpaired) electrons. The van der Waals surface area contributed by atoms with Crippen molar-refractivity contribution in [1.82, 2.24) is 5.32 Å². The number of halogens is 1. The van der Waals surface area contributed by atoms with E-state index in [1.165, 1.54) is 14.6 Å². The summed E-state index contributed by atoms with van der Waals surface area (Å²) in [5.41, 5.74) is 1.11. The number of thiophene rings is 1. The van der Waals surface area contributed by atoms with E-state index in [-0.39, 0.29) is 11.9 Å². The van der Waals surface area contributed by atoms with Crippen molar-refractivity contribution in [2.45, 2.75) is 37.2 Å². The Morgan fingerprint density at radius 3 is 2.90 bits per heavy atom. The molecule has 2 aromatic rings. The van der Waals surface area contributed by atoms with Crippen LogP contribution >= 0.6 is 23.1 Å². The fourth-order valence-corrected chi connectivity index (χ4v) is 4.60. The van der Waals surface area contributed by atoms with Gasteiger partial charge in [-0.1, -0.05) is 0 Å². The highest BCUT2D eigenvalue weighted by Gasteiger charge is 2.23. The quantitative estimate of drug-likeness (QED) is 0.848. The van der Waals surface area contributed by atoms with Crippen LogP contribution in [0.1, 0.15) is 40.7 Å². The molecule has 3 rings (SSSR count). The van der Waals surface area contributed by atoms with Crippen molar-refractivity contribution < 1.29 is 4.39 Å². The summed E-state index contributed by atoms with van der Waals surface area (Å²) in [6.45, 7) is 4.31. The van der Waals surface area contributed by atoms with Gasteiger partial charge in [0, 0.05) is 26.7 Å². The van der Waals surface area contributed by atoms with E-state index in [2.05, 4.69) is 31.3 Å². The summed E-state index contributed by atoms with van der Waals surface area (Å²) in [6.07, 6.45) is 1.05. The minimum absolute atomic E-state index is 0.141. The number of fused-ring (bicyclic) bond motifs is 1. The van der Waals surface area contributed by atoms with Gasteiger partial charge in [0.1, 0.15) is 5.82 Å². The number of hydrogen-bond acceptors (Lipinski definition) is 3. The number of nitrogens with one attached hydrogen (secondary N) is 1. The van der Waals surface area contributed by atoms with Crippen molar-refractivity contribution in [3.05, 3.63) is 51.5 Å². The Balaban J connectivity index is 1.80. The van der Waals surface area contributed by atoms with Gasteiger partial charge in [0.25, 0.3) is 0 Å². The molecule has 0 spiro atoms. The monoisotopic (exact) mass is 307 g/mol. The maximum atomic E-state index is 13.5. The van der Waals surface area contributed by atoms with Crippen LogP contribution in [-0.2, 0) is 0 Å². The highest BCUT2D eigenvalue weighted by molar-refractivity contribution is 7.99. The Bertz CT molecular complexity index is 608. The van der Waals surface area contributed by atoms with E-state index in [0.717, 1.165) is 17.7 Å². The zero-order valence-corrected chi connectivity index (χ0v) is 13.3. The molecule has 2 heterocycles. The summed E-state index contributed by atoms with van der Waals surface area (Å²) in [5.74, 6) is 0.949. The Morgan fingerprint density at radius 1 is 1.30 bits per heavy atom. The summed E-state index contributed by atoms with van der Waals surface area (Å²) >= 11 is 3.65. The minimum Gasteiger partial charge on any atom is -0.303 e. The molecule has 1 aromatic heterocycles. The highest BCUT2D eigenvalue weighted by atomic mass is 32.2. The van der Waals surface area contributed by atoms with Gasteiger partial charge in [0.15, 0.2) is 0 Å². The first-order chi connectivity index (χ1) is 9.63. The van der Waals surface area contributed by atoms with Gasteiger partial charge in [0.05, 0.1) is 0 Å². The first kappa shape index (κ1) is 14.1. The number of hydrogen-bond donors (Lipinski definition) is 1. The van der Waals surface area contributed by atoms with Crippen LogP contribution in [0.15, 0.2) is 35.2 Å². The Labute approximate surface area is 127 Å². The van der Waals surface area contributed by atoms with Crippen molar-refractivity contribution in [1.29, 1.82) is 0 Å². The van der Waals surface area contributed by atoms with Crippen LogP contribution in [0.25, 0.3) is 0 Å². The van der Waals surface area contributed by atoms with Crippen molar-refractivity contribution in [3.8, 4) is 0 Å². The molecule has 1 nitrogen and oxygen atoms in total. The molecule has 1 aliphatic heterocycles. The molecule has 1 aliphatic rings. The fraction of sp³-hybridized carbons (Fsp3) is 0.375. The lowest BCUT2D eigenvalue weighted by Crippen LogP contribution is -2.27. The smallest absolute Gasteiger partial charge is 0.123 e.